The number of hydrogen-bond acceptors (Lipinski definition) is 4. The van der Waals surface area contributed by atoms with Crippen LogP contribution < -0.4 is 15.8 Å². The molecule has 7 heteroatoms. The molecule has 3 N–H and O–H groups in total. The Bertz CT molecular complexity index is 599. The molecule has 1 saturated carbocycles. The monoisotopic (exact) mass is 368 g/mol. The number of amides is 1. The van der Waals surface area contributed by atoms with E-state index >= 15 is 0 Å². The Labute approximate surface area is 152 Å². The fourth-order valence-corrected chi connectivity index (χ4v) is 3.15. The van der Waals surface area contributed by atoms with Gasteiger partial charge in [0, 0.05) is 24.1 Å². The van der Waals surface area contributed by atoms with Crippen molar-refractivity contribution in [3.63, 3.8) is 0 Å². The fourth-order valence-electron chi connectivity index (χ4n) is 3.15. The number of hydrogen-bond donors (Lipinski definition) is 2. The maximum Gasteiger partial charge on any atom is 0.223 e. The third-order valence-corrected chi connectivity index (χ3v) is 4.60. The van der Waals surface area contributed by atoms with Crippen LogP contribution in [0, 0.1) is 17.6 Å². The lowest BCUT2D eigenvalue weighted by atomic mass is 10.0. The molecule has 0 heterocycles. The third kappa shape index (κ3) is 6.37. The summed E-state index contributed by atoms with van der Waals surface area (Å²) in [5.74, 6) is -2.08. The summed E-state index contributed by atoms with van der Waals surface area (Å²) in [4.78, 5) is 24.8. The Balaban J connectivity index is 1.93. The van der Waals surface area contributed by atoms with E-state index in [9.17, 15) is 18.4 Å². The van der Waals surface area contributed by atoms with Gasteiger partial charge in [0.15, 0.2) is 5.78 Å². The molecule has 0 bridgehead atoms. The number of rotatable bonds is 10. The Morgan fingerprint density at radius 2 is 1.81 bits per heavy atom. The molecule has 1 aliphatic rings. The Morgan fingerprint density at radius 1 is 1.15 bits per heavy atom. The summed E-state index contributed by atoms with van der Waals surface area (Å²) >= 11 is 0. The van der Waals surface area contributed by atoms with Crippen LogP contribution in [0.5, 0.6) is 5.75 Å². The number of halogens is 2. The molecule has 1 atom stereocenters. The molecular formula is C19H26F2N2O3. The van der Waals surface area contributed by atoms with Crippen LogP contribution in [-0.4, -0.2) is 30.9 Å². The lowest BCUT2D eigenvalue weighted by molar-refractivity contribution is -0.131. The van der Waals surface area contributed by atoms with Crippen LogP contribution in [0.25, 0.3) is 0 Å². The van der Waals surface area contributed by atoms with Crippen molar-refractivity contribution in [2.75, 3.05) is 13.2 Å². The first-order chi connectivity index (χ1) is 12.5. The van der Waals surface area contributed by atoms with Crippen molar-refractivity contribution in [1.29, 1.82) is 0 Å². The van der Waals surface area contributed by atoms with Crippen molar-refractivity contribution in [1.82, 2.24) is 5.32 Å². The molecule has 1 aromatic carbocycles. The van der Waals surface area contributed by atoms with Gasteiger partial charge in [0.1, 0.15) is 24.0 Å². The second-order valence-electron chi connectivity index (χ2n) is 6.69. The van der Waals surface area contributed by atoms with Crippen LogP contribution >= 0.6 is 0 Å². The Kier molecular flexibility index (Phi) is 7.97. The number of ketones is 1. The van der Waals surface area contributed by atoms with E-state index in [-0.39, 0.29) is 30.0 Å². The quantitative estimate of drug-likeness (QED) is 0.622. The Morgan fingerprint density at radius 3 is 2.42 bits per heavy atom. The molecule has 5 nitrogen and oxygen atoms in total. The molecule has 2 rings (SSSR count). The first-order valence-corrected chi connectivity index (χ1v) is 9.11. The number of unbranched alkanes of at least 4 members (excludes halogenated alkanes) is 1. The van der Waals surface area contributed by atoms with Gasteiger partial charge in [-0.05, 0) is 38.6 Å². The summed E-state index contributed by atoms with van der Waals surface area (Å²) in [6.07, 6.45) is 5.65. The van der Waals surface area contributed by atoms with Gasteiger partial charge in [0.2, 0.25) is 5.91 Å². The summed E-state index contributed by atoms with van der Waals surface area (Å²) in [5, 5.41) is 2.82. The van der Waals surface area contributed by atoms with E-state index in [0.29, 0.717) is 19.4 Å². The first kappa shape index (κ1) is 20.3. The van der Waals surface area contributed by atoms with Gasteiger partial charge in [-0.15, -0.1) is 0 Å². The number of carbonyl (C=O) groups is 2. The molecule has 1 amide bonds. The van der Waals surface area contributed by atoms with Gasteiger partial charge in [-0.3, -0.25) is 9.59 Å². The zero-order chi connectivity index (χ0) is 18.9. The Hall–Kier alpha value is -2.02. The van der Waals surface area contributed by atoms with Crippen molar-refractivity contribution >= 4 is 11.7 Å². The third-order valence-electron chi connectivity index (χ3n) is 4.60. The standard InChI is InChI=1S/C19H26F2N2O3/c20-14-9-15(21)11-16(10-14)26-12-18(24)17(7-3-4-8-22)23-19(25)13-5-1-2-6-13/h9-11,13,17H,1-8,12,22H2,(H,23,25). The minimum atomic E-state index is -0.776. The second-order valence-corrected chi connectivity index (χ2v) is 6.69. The molecule has 144 valence electrons. The largest absolute Gasteiger partial charge is 0.486 e. The fraction of sp³-hybridized carbons (Fsp3) is 0.579. The van der Waals surface area contributed by atoms with Gasteiger partial charge in [-0.2, -0.15) is 0 Å². The first-order valence-electron chi connectivity index (χ1n) is 9.11. The molecule has 1 aromatic rings. The van der Waals surface area contributed by atoms with Crippen LogP contribution in [0.15, 0.2) is 18.2 Å². The maximum absolute atomic E-state index is 13.2. The van der Waals surface area contributed by atoms with Crippen molar-refractivity contribution in [2.45, 2.75) is 51.0 Å². The van der Waals surface area contributed by atoms with E-state index in [0.717, 1.165) is 50.3 Å². The summed E-state index contributed by atoms with van der Waals surface area (Å²) in [6, 6.07) is 2.08. The van der Waals surface area contributed by atoms with Gasteiger partial charge in [-0.1, -0.05) is 12.8 Å². The molecule has 26 heavy (non-hydrogen) atoms. The topological polar surface area (TPSA) is 81.4 Å². The smallest absolute Gasteiger partial charge is 0.223 e. The van der Waals surface area contributed by atoms with Gasteiger partial charge < -0.3 is 15.8 Å². The van der Waals surface area contributed by atoms with Gasteiger partial charge in [-0.25, -0.2) is 8.78 Å². The van der Waals surface area contributed by atoms with Crippen LogP contribution in [0.1, 0.15) is 44.9 Å². The predicted octanol–water partition coefficient (Wildman–Crippen LogP) is 2.72. The molecule has 0 radical (unpaired) electrons. The molecule has 0 saturated heterocycles. The van der Waals surface area contributed by atoms with E-state index in [4.69, 9.17) is 10.5 Å². The zero-order valence-electron chi connectivity index (χ0n) is 14.8. The van der Waals surface area contributed by atoms with Gasteiger partial charge >= 0.3 is 0 Å². The molecule has 1 unspecified atom stereocenters. The van der Waals surface area contributed by atoms with E-state index in [1.54, 1.807) is 0 Å². The van der Waals surface area contributed by atoms with Crippen molar-refractivity contribution < 1.29 is 23.1 Å². The van der Waals surface area contributed by atoms with E-state index < -0.39 is 17.7 Å². The summed E-state index contributed by atoms with van der Waals surface area (Å²) < 4.78 is 31.6. The number of Topliss-reactive ketones (excluding diaryl/α,β-unsaturated/α-hetero) is 1. The molecule has 0 aromatic heterocycles. The average Bonchev–Trinajstić information content (AvgIpc) is 3.13. The number of ether oxygens (including phenoxy) is 1. The average molecular weight is 368 g/mol. The van der Waals surface area contributed by atoms with E-state index in [1.807, 2.05) is 0 Å². The highest BCUT2D eigenvalue weighted by molar-refractivity contribution is 5.90. The number of nitrogens with one attached hydrogen (secondary N) is 1. The minimum absolute atomic E-state index is 0.0435. The number of carbonyl (C=O) groups excluding carboxylic acids is 2. The van der Waals surface area contributed by atoms with Gasteiger partial charge in [0.05, 0.1) is 6.04 Å². The highest BCUT2D eigenvalue weighted by atomic mass is 19.1. The van der Waals surface area contributed by atoms with Crippen LogP contribution in [-0.2, 0) is 9.59 Å². The van der Waals surface area contributed by atoms with Gasteiger partial charge in [0.25, 0.3) is 0 Å². The van der Waals surface area contributed by atoms with Crippen molar-refractivity contribution in [3.05, 3.63) is 29.8 Å². The molecule has 0 aliphatic heterocycles. The molecule has 1 aliphatic carbocycles. The predicted molar refractivity (Wildman–Crippen MR) is 93.7 cm³/mol. The van der Waals surface area contributed by atoms with Crippen molar-refractivity contribution in [2.24, 2.45) is 11.7 Å². The maximum atomic E-state index is 13.2. The van der Waals surface area contributed by atoms with E-state index in [1.165, 1.54) is 0 Å². The second kappa shape index (κ2) is 10.2. The summed E-state index contributed by atoms with van der Waals surface area (Å²) in [7, 11) is 0. The highest BCUT2D eigenvalue weighted by Gasteiger charge is 2.27. The molecule has 1 fully saturated rings. The summed E-state index contributed by atoms with van der Waals surface area (Å²) in [6.45, 7) is 0.150. The highest BCUT2D eigenvalue weighted by Crippen LogP contribution is 2.25. The number of nitrogens with two attached hydrogens (primary N) is 1. The lowest BCUT2D eigenvalue weighted by Gasteiger charge is -2.20. The lowest BCUT2D eigenvalue weighted by Crippen LogP contribution is -2.45. The zero-order valence-corrected chi connectivity index (χ0v) is 14.8. The summed E-state index contributed by atoms with van der Waals surface area (Å²) in [5.41, 5.74) is 5.49. The minimum Gasteiger partial charge on any atom is -0.486 e. The van der Waals surface area contributed by atoms with E-state index in [2.05, 4.69) is 5.32 Å². The van der Waals surface area contributed by atoms with Crippen molar-refractivity contribution in [3.8, 4) is 5.75 Å². The molecular weight excluding hydrogens is 342 g/mol. The van der Waals surface area contributed by atoms with Crippen LogP contribution in [0.4, 0.5) is 8.78 Å². The normalized spacial score (nSPS) is 15.7. The SMILES string of the molecule is NCCCCC(NC(=O)C1CCCC1)C(=O)COc1cc(F)cc(F)c1. The van der Waals surface area contributed by atoms with Crippen LogP contribution in [0.2, 0.25) is 0 Å². The number of benzene rings is 1. The van der Waals surface area contributed by atoms with Crippen LogP contribution in [0.3, 0.4) is 0 Å². The molecule has 0 spiro atoms.